The fourth-order valence-corrected chi connectivity index (χ4v) is 8.77. The Hall–Kier alpha value is -5.86. The first-order valence-corrected chi connectivity index (χ1v) is 18.0. The Balaban J connectivity index is 1.02. The number of benzene rings is 5. The van der Waals surface area contributed by atoms with Crippen molar-refractivity contribution < 1.29 is 0 Å². The molecule has 0 amide bonds. The fraction of sp³-hybridized carbons (Fsp3) is 0.125. The van der Waals surface area contributed by atoms with Gasteiger partial charge in [0.15, 0.2) is 0 Å². The highest BCUT2D eigenvalue weighted by Gasteiger charge is 2.40. The lowest BCUT2D eigenvalue weighted by molar-refractivity contribution is 0.360. The molecule has 50 heavy (non-hydrogen) atoms. The van der Waals surface area contributed by atoms with Crippen LogP contribution in [0.3, 0.4) is 0 Å². The number of hydrogen-bond donors (Lipinski definition) is 0. The van der Waals surface area contributed by atoms with E-state index in [1.165, 1.54) is 72.3 Å². The third kappa shape index (κ3) is 4.78. The molecule has 0 spiro atoms. The lowest BCUT2D eigenvalue weighted by atomic mass is 9.83. The van der Waals surface area contributed by atoms with Gasteiger partial charge in [-0.15, -0.1) is 0 Å². The van der Waals surface area contributed by atoms with Gasteiger partial charge in [-0.2, -0.15) is 0 Å². The molecule has 1 aromatic heterocycles. The molecule has 10 rings (SSSR count). The molecule has 240 valence electrons. The summed E-state index contributed by atoms with van der Waals surface area (Å²) in [5, 5.41) is 2.58. The van der Waals surface area contributed by atoms with Crippen LogP contribution in [0.15, 0.2) is 187 Å². The van der Waals surface area contributed by atoms with Crippen molar-refractivity contribution in [3.63, 3.8) is 0 Å². The second-order valence-electron chi connectivity index (χ2n) is 13.9. The fourth-order valence-electron chi connectivity index (χ4n) is 8.77. The van der Waals surface area contributed by atoms with Gasteiger partial charge in [0, 0.05) is 33.8 Å². The van der Waals surface area contributed by atoms with Crippen molar-refractivity contribution in [3.8, 4) is 16.8 Å². The van der Waals surface area contributed by atoms with Crippen LogP contribution in [0.4, 0.5) is 0 Å². The lowest BCUT2D eigenvalue weighted by Crippen LogP contribution is -2.32. The van der Waals surface area contributed by atoms with E-state index < -0.39 is 0 Å². The molecule has 0 saturated carbocycles. The molecule has 0 radical (unpaired) electrons. The molecule has 4 aliphatic rings. The summed E-state index contributed by atoms with van der Waals surface area (Å²) in [6, 6.07) is 46.7. The highest BCUT2D eigenvalue weighted by atomic mass is 15.2. The second-order valence-corrected chi connectivity index (χ2v) is 13.9. The Bertz CT molecular complexity index is 2480. The number of fused-ring (bicyclic) bond motifs is 5. The van der Waals surface area contributed by atoms with Gasteiger partial charge in [0.05, 0.1) is 17.1 Å². The lowest BCUT2D eigenvalue weighted by Gasteiger charge is -2.34. The van der Waals surface area contributed by atoms with Crippen LogP contribution in [-0.4, -0.2) is 15.5 Å². The van der Waals surface area contributed by atoms with Crippen molar-refractivity contribution >= 4 is 33.0 Å². The number of aromatic nitrogens is 1. The summed E-state index contributed by atoms with van der Waals surface area (Å²) in [6.07, 6.45) is 21.3. The quantitative estimate of drug-likeness (QED) is 0.182. The summed E-state index contributed by atoms with van der Waals surface area (Å²) in [6.45, 7) is 0. The Morgan fingerprint density at radius 2 is 1.34 bits per heavy atom. The molecular weight excluding hydrogens is 605 g/mol. The molecule has 1 aliphatic heterocycles. The zero-order valence-corrected chi connectivity index (χ0v) is 28.0. The zero-order chi connectivity index (χ0) is 33.0. The Morgan fingerprint density at radius 3 is 2.18 bits per heavy atom. The number of nitrogens with zero attached hydrogens (tertiary/aromatic N) is 2. The minimum absolute atomic E-state index is 0.326. The van der Waals surface area contributed by atoms with Crippen LogP contribution in [-0.2, 0) is 0 Å². The van der Waals surface area contributed by atoms with Gasteiger partial charge >= 0.3 is 0 Å². The van der Waals surface area contributed by atoms with Crippen molar-refractivity contribution in [3.05, 3.63) is 198 Å². The summed E-state index contributed by atoms with van der Waals surface area (Å²) in [4.78, 5) is 2.65. The zero-order valence-electron chi connectivity index (χ0n) is 28.0. The van der Waals surface area contributed by atoms with E-state index in [1.807, 2.05) is 0 Å². The molecule has 2 atom stereocenters. The summed E-state index contributed by atoms with van der Waals surface area (Å²) >= 11 is 0. The van der Waals surface area contributed by atoms with E-state index in [0.29, 0.717) is 12.0 Å². The van der Waals surface area contributed by atoms with Crippen molar-refractivity contribution in [2.24, 2.45) is 5.92 Å². The van der Waals surface area contributed by atoms with Gasteiger partial charge in [0.2, 0.25) is 0 Å². The van der Waals surface area contributed by atoms with Gasteiger partial charge in [-0.05, 0) is 107 Å². The van der Waals surface area contributed by atoms with E-state index in [0.717, 1.165) is 25.7 Å². The number of para-hydroxylation sites is 1. The first-order chi connectivity index (χ1) is 24.8. The maximum Gasteiger partial charge on any atom is 0.0623 e. The van der Waals surface area contributed by atoms with Crippen molar-refractivity contribution in [1.82, 2.24) is 9.47 Å². The average molecular weight is 643 g/mol. The standard InChI is InChI=1S/C48H38N2/c1-3-12-33(13-4-1)35-22-26-39(27-23-35)49-45-20-9-7-18-41(45)43-31-37(24-28-47(43)49)38-25-29-48-44(32-38)42-19-8-10-21-46(42)50(48)40-17-11-16-36(30-40)34-14-5-2-6-15-34/h1-6,8-17,19-22,24-26,28-32,43,47H,7,18,23,27H2. The molecule has 0 fully saturated rings. The highest BCUT2D eigenvalue weighted by molar-refractivity contribution is 6.10. The average Bonchev–Trinajstić information content (AvgIpc) is 3.71. The molecule has 2 heteroatoms. The van der Waals surface area contributed by atoms with Crippen molar-refractivity contribution in [1.29, 1.82) is 0 Å². The highest BCUT2D eigenvalue weighted by Crippen LogP contribution is 2.48. The third-order valence-corrected chi connectivity index (χ3v) is 11.1. The van der Waals surface area contributed by atoms with Crippen LogP contribution >= 0.6 is 0 Å². The first kappa shape index (κ1) is 29.1. The third-order valence-electron chi connectivity index (χ3n) is 11.1. The van der Waals surface area contributed by atoms with Crippen LogP contribution in [0.5, 0.6) is 0 Å². The van der Waals surface area contributed by atoms with E-state index in [2.05, 4.69) is 179 Å². The van der Waals surface area contributed by atoms with E-state index >= 15 is 0 Å². The minimum Gasteiger partial charge on any atom is -0.337 e. The number of allylic oxidation sites excluding steroid dienone is 8. The topological polar surface area (TPSA) is 8.17 Å². The van der Waals surface area contributed by atoms with E-state index in [4.69, 9.17) is 0 Å². The van der Waals surface area contributed by atoms with E-state index in [9.17, 15) is 0 Å². The van der Waals surface area contributed by atoms with Gasteiger partial charge in [-0.1, -0.05) is 127 Å². The van der Waals surface area contributed by atoms with E-state index in [1.54, 1.807) is 5.57 Å². The maximum absolute atomic E-state index is 2.65. The number of hydrogen-bond acceptors (Lipinski definition) is 1. The number of rotatable bonds is 5. The van der Waals surface area contributed by atoms with Crippen LogP contribution in [0.25, 0.3) is 49.8 Å². The molecule has 3 aliphatic carbocycles. The predicted molar refractivity (Wildman–Crippen MR) is 210 cm³/mol. The minimum atomic E-state index is 0.326. The second kappa shape index (κ2) is 11.9. The molecule has 0 N–H and O–H groups in total. The summed E-state index contributed by atoms with van der Waals surface area (Å²) in [5.41, 5.74) is 15.9. The van der Waals surface area contributed by atoms with Gasteiger partial charge < -0.3 is 9.47 Å². The molecule has 2 nitrogen and oxygen atoms in total. The van der Waals surface area contributed by atoms with Gasteiger partial charge in [0.25, 0.3) is 0 Å². The smallest absolute Gasteiger partial charge is 0.0623 e. The summed E-state index contributed by atoms with van der Waals surface area (Å²) in [5.74, 6) is 0.383. The molecule has 2 unspecified atom stereocenters. The Labute approximate surface area is 294 Å². The Kier molecular flexibility index (Phi) is 6.94. The molecule has 0 saturated heterocycles. The molecule has 2 heterocycles. The van der Waals surface area contributed by atoms with E-state index in [-0.39, 0.29) is 0 Å². The van der Waals surface area contributed by atoms with Gasteiger partial charge in [-0.25, -0.2) is 0 Å². The predicted octanol–water partition coefficient (Wildman–Crippen LogP) is 12.1. The summed E-state index contributed by atoms with van der Waals surface area (Å²) in [7, 11) is 0. The molecule has 5 aromatic carbocycles. The van der Waals surface area contributed by atoms with Crippen molar-refractivity contribution in [2.75, 3.05) is 0 Å². The molecular formula is C48H38N2. The molecule has 6 aromatic rings. The SMILES string of the molecule is C1=CC2=C(CC1)C1C=C(c3ccc4c(c3)c3ccccc3n4-c3cccc(-c4ccccc4)c3)C=CC1N2C1=CC=C(c2ccccc2)CC1. The van der Waals surface area contributed by atoms with Crippen LogP contribution in [0, 0.1) is 5.92 Å². The first-order valence-electron chi connectivity index (χ1n) is 18.0. The van der Waals surface area contributed by atoms with Gasteiger partial charge in [-0.3, -0.25) is 0 Å². The monoisotopic (exact) mass is 642 g/mol. The molecule has 0 bridgehead atoms. The van der Waals surface area contributed by atoms with Gasteiger partial charge in [0.1, 0.15) is 0 Å². The van der Waals surface area contributed by atoms with Crippen LogP contribution in [0.2, 0.25) is 0 Å². The largest absolute Gasteiger partial charge is 0.337 e. The normalized spacial score (nSPS) is 19.8. The Morgan fingerprint density at radius 1 is 0.560 bits per heavy atom. The van der Waals surface area contributed by atoms with Crippen molar-refractivity contribution in [2.45, 2.75) is 31.7 Å². The van der Waals surface area contributed by atoms with Crippen LogP contribution < -0.4 is 0 Å². The summed E-state index contributed by atoms with van der Waals surface area (Å²) < 4.78 is 2.43. The van der Waals surface area contributed by atoms with Crippen LogP contribution in [0.1, 0.15) is 36.8 Å². The maximum atomic E-state index is 2.65.